The third-order valence-electron chi connectivity index (χ3n) is 2.76. The van der Waals surface area contributed by atoms with Gasteiger partial charge < -0.3 is 10.1 Å². The third kappa shape index (κ3) is 2.83. The van der Waals surface area contributed by atoms with Crippen LogP contribution in [0, 0.1) is 0 Å². The Morgan fingerprint density at radius 3 is 2.50 bits per heavy atom. The van der Waals surface area contributed by atoms with Crippen LogP contribution in [-0.4, -0.2) is 23.8 Å². The number of rotatable bonds is 4. The van der Waals surface area contributed by atoms with E-state index in [4.69, 9.17) is 4.74 Å². The Morgan fingerprint density at radius 2 is 1.80 bits per heavy atom. The van der Waals surface area contributed by atoms with Gasteiger partial charge in [-0.2, -0.15) is 0 Å². The molecule has 0 unspecified atom stereocenters. The molecule has 20 heavy (non-hydrogen) atoms. The van der Waals surface area contributed by atoms with Crippen LogP contribution in [0.25, 0.3) is 0 Å². The van der Waals surface area contributed by atoms with E-state index in [1.807, 2.05) is 0 Å². The van der Waals surface area contributed by atoms with Crippen molar-refractivity contribution in [2.24, 2.45) is 0 Å². The molecule has 1 aromatic carbocycles. The second-order valence-electron chi connectivity index (χ2n) is 4.12. The fraction of sp³-hybridized carbons (Fsp3) is 0.133. The topological polar surface area (TPSA) is 68.3 Å². The average Bonchev–Trinajstić information content (AvgIpc) is 2.47. The molecule has 0 bridgehead atoms. The maximum atomic E-state index is 12.2. The molecule has 1 aromatic heterocycles. The van der Waals surface area contributed by atoms with Gasteiger partial charge in [0.25, 0.3) is 5.91 Å². The molecule has 0 atom stereocenters. The zero-order chi connectivity index (χ0) is 14.5. The van der Waals surface area contributed by atoms with Crippen LogP contribution in [0.5, 0.6) is 5.88 Å². The van der Waals surface area contributed by atoms with E-state index in [2.05, 4.69) is 10.3 Å². The lowest BCUT2D eigenvalue weighted by atomic mass is 10.1. The Labute approximate surface area is 116 Å². The first-order valence-electron chi connectivity index (χ1n) is 6.04. The summed E-state index contributed by atoms with van der Waals surface area (Å²) in [5.74, 6) is -0.243. The van der Waals surface area contributed by atoms with E-state index in [1.165, 1.54) is 14.0 Å². The SMILES string of the molecule is COc1ncccc1C(=O)Nc1ccccc1C(C)=O. The summed E-state index contributed by atoms with van der Waals surface area (Å²) < 4.78 is 5.04. The van der Waals surface area contributed by atoms with Crippen molar-refractivity contribution < 1.29 is 14.3 Å². The van der Waals surface area contributed by atoms with Gasteiger partial charge in [0.15, 0.2) is 5.78 Å². The third-order valence-corrected chi connectivity index (χ3v) is 2.76. The van der Waals surface area contributed by atoms with Crippen molar-refractivity contribution in [1.82, 2.24) is 4.98 Å². The predicted molar refractivity (Wildman–Crippen MR) is 75.2 cm³/mol. The van der Waals surface area contributed by atoms with E-state index in [9.17, 15) is 9.59 Å². The molecule has 0 aliphatic heterocycles. The van der Waals surface area contributed by atoms with E-state index in [0.29, 0.717) is 16.8 Å². The van der Waals surface area contributed by atoms with Crippen LogP contribution >= 0.6 is 0 Å². The number of pyridine rings is 1. The number of anilines is 1. The standard InChI is InChI=1S/C15H14N2O3/c1-10(18)11-6-3-4-8-13(11)17-14(19)12-7-5-9-16-15(12)20-2/h3-9H,1-2H3,(H,17,19). The summed E-state index contributed by atoms with van der Waals surface area (Å²) in [7, 11) is 1.45. The summed E-state index contributed by atoms with van der Waals surface area (Å²) in [6, 6.07) is 10.1. The van der Waals surface area contributed by atoms with Crippen LogP contribution in [0.1, 0.15) is 27.6 Å². The van der Waals surface area contributed by atoms with Gasteiger partial charge in [0.2, 0.25) is 5.88 Å². The number of aromatic nitrogens is 1. The second-order valence-corrected chi connectivity index (χ2v) is 4.12. The molecular weight excluding hydrogens is 256 g/mol. The van der Waals surface area contributed by atoms with Gasteiger partial charge in [-0.25, -0.2) is 4.98 Å². The highest BCUT2D eigenvalue weighted by Gasteiger charge is 2.15. The number of hydrogen-bond donors (Lipinski definition) is 1. The maximum Gasteiger partial charge on any atom is 0.261 e. The van der Waals surface area contributed by atoms with Crippen molar-refractivity contribution >= 4 is 17.4 Å². The lowest BCUT2D eigenvalue weighted by molar-refractivity contribution is 0.101. The zero-order valence-corrected chi connectivity index (χ0v) is 11.2. The monoisotopic (exact) mass is 270 g/mol. The fourth-order valence-electron chi connectivity index (χ4n) is 1.82. The van der Waals surface area contributed by atoms with Gasteiger partial charge in [0.05, 0.1) is 12.8 Å². The number of nitrogens with one attached hydrogen (secondary N) is 1. The van der Waals surface area contributed by atoms with Crippen LogP contribution in [0.2, 0.25) is 0 Å². The Balaban J connectivity index is 2.31. The molecule has 1 heterocycles. The van der Waals surface area contributed by atoms with Crippen molar-refractivity contribution in [2.75, 3.05) is 12.4 Å². The highest BCUT2D eigenvalue weighted by molar-refractivity contribution is 6.09. The number of carbonyl (C=O) groups is 2. The quantitative estimate of drug-likeness (QED) is 0.867. The number of para-hydroxylation sites is 1. The number of methoxy groups -OCH3 is 1. The average molecular weight is 270 g/mol. The van der Waals surface area contributed by atoms with Gasteiger partial charge in [0.1, 0.15) is 5.56 Å². The van der Waals surface area contributed by atoms with Gasteiger partial charge in [-0.15, -0.1) is 0 Å². The normalized spacial score (nSPS) is 9.90. The van der Waals surface area contributed by atoms with Crippen LogP contribution in [0.3, 0.4) is 0 Å². The van der Waals surface area contributed by atoms with Crippen molar-refractivity contribution in [3.8, 4) is 5.88 Å². The molecule has 0 radical (unpaired) electrons. The Bertz CT molecular complexity index is 653. The number of hydrogen-bond acceptors (Lipinski definition) is 4. The Hall–Kier alpha value is -2.69. The molecule has 5 nitrogen and oxygen atoms in total. The number of benzene rings is 1. The van der Waals surface area contributed by atoms with E-state index in [1.54, 1.807) is 42.6 Å². The molecule has 102 valence electrons. The van der Waals surface area contributed by atoms with Crippen LogP contribution in [0.4, 0.5) is 5.69 Å². The fourth-order valence-corrected chi connectivity index (χ4v) is 1.82. The second kappa shape index (κ2) is 5.97. The highest BCUT2D eigenvalue weighted by Crippen LogP contribution is 2.19. The van der Waals surface area contributed by atoms with E-state index in [-0.39, 0.29) is 17.6 Å². The number of Topliss-reactive ketones (excluding diaryl/α,β-unsaturated/α-hetero) is 1. The first kappa shape index (κ1) is 13.7. The van der Waals surface area contributed by atoms with Gasteiger partial charge in [-0.05, 0) is 31.2 Å². The van der Waals surface area contributed by atoms with Gasteiger partial charge >= 0.3 is 0 Å². The minimum absolute atomic E-state index is 0.112. The summed E-state index contributed by atoms with van der Waals surface area (Å²) in [5, 5.41) is 2.70. The van der Waals surface area contributed by atoms with Crippen molar-refractivity contribution in [3.63, 3.8) is 0 Å². The largest absolute Gasteiger partial charge is 0.480 e. The van der Waals surface area contributed by atoms with E-state index in [0.717, 1.165) is 0 Å². The number of carbonyl (C=O) groups excluding carboxylic acids is 2. The predicted octanol–water partition coefficient (Wildman–Crippen LogP) is 2.55. The van der Waals surface area contributed by atoms with E-state index >= 15 is 0 Å². The molecule has 2 aromatic rings. The van der Waals surface area contributed by atoms with E-state index < -0.39 is 0 Å². The minimum Gasteiger partial charge on any atom is -0.480 e. The summed E-state index contributed by atoms with van der Waals surface area (Å²) in [4.78, 5) is 27.7. The Morgan fingerprint density at radius 1 is 1.10 bits per heavy atom. The molecular formula is C15H14N2O3. The number of amides is 1. The van der Waals surface area contributed by atoms with Crippen molar-refractivity contribution in [1.29, 1.82) is 0 Å². The van der Waals surface area contributed by atoms with Gasteiger partial charge in [-0.1, -0.05) is 12.1 Å². The zero-order valence-electron chi connectivity index (χ0n) is 11.2. The van der Waals surface area contributed by atoms with Crippen molar-refractivity contribution in [2.45, 2.75) is 6.92 Å². The number of nitrogens with zero attached hydrogens (tertiary/aromatic N) is 1. The first-order chi connectivity index (χ1) is 9.63. The Kier molecular flexibility index (Phi) is 4.10. The minimum atomic E-state index is -0.372. The molecule has 1 N–H and O–H groups in total. The van der Waals surface area contributed by atoms with Crippen molar-refractivity contribution in [3.05, 3.63) is 53.7 Å². The summed E-state index contributed by atoms with van der Waals surface area (Å²) in [6.07, 6.45) is 1.54. The molecule has 2 rings (SSSR count). The smallest absolute Gasteiger partial charge is 0.261 e. The molecule has 0 aliphatic carbocycles. The molecule has 0 saturated heterocycles. The highest BCUT2D eigenvalue weighted by atomic mass is 16.5. The molecule has 5 heteroatoms. The van der Waals surface area contributed by atoms with Gasteiger partial charge in [-0.3, -0.25) is 9.59 Å². The number of ketones is 1. The summed E-state index contributed by atoms with van der Waals surface area (Å²) in [5.41, 5.74) is 1.24. The molecule has 0 spiro atoms. The van der Waals surface area contributed by atoms with Gasteiger partial charge in [0, 0.05) is 11.8 Å². The van der Waals surface area contributed by atoms with Crippen LogP contribution in [-0.2, 0) is 0 Å². The molecule has 1 amide bonds. The molecule has 0 aliphatic rings. The maximum absolute atomic E-state index is 12.2. The summed E-state index contributed by atoms with van der Waals surface area (Å²) in [6.45, 7) is 1.45. The van der Waals surface area contributed by atoms with Crippen LogP contribution < -0.4 is 10.1 Å². The lowest BCUT2D eigenvalue weighted by Gasteiger charge is -2.10. The number of ether oxygens (including phenoxy) is 1. The first-order valence-corrected chi connectivity index (χ1v) is 6.04. The lowest BCUT2D eigenvalue weighted by Crippen LogP contribution is -2.15. The van der Waals surface area contributed by atoms with Crippen LogP contribution in [0.15, 0.2) is 42.6 Å². The summed E-state index contributed by atoms with van der Waals surface area (Å²) >= 11 is 0. The molecule has 0 saturated carbocycles. The molecule has 0 fully saturated rings.